The first-order valence-corrected chi connectivity index (χ1v) is 9.60. The van der Waals surface area contributed by atoms with Crippen LogP contribution in [0.2, 0.25) is 10.0 Å². The summed E-state index contributed by atoms with van der Waals surface area (Å²) in [6.07, 6.45) is 5.04. The van der Waals surface area contributed by atoms with E-state index >= 15 is 0 Å². The third kappa shape index (κ3) is 4.58. The van der Waals surface area contributed by atoms with E-state index in [9.17, 15) is 4.79 Å². The molecule has 1 atom stereocenters. The highest BCUT2D eigenvalue weighted by molar-refractivity contribution is 8.00. The van der Waals surface area contributed by atoms with Crippen molar-refractivity contribution in [2.45, 2.75) is 17.9 Å². The molecule has 1 amide bonds. The molecule has 2 aromatic heterocycles. The first-order valence-electron chi connectivity index (χ1n) is 7.85. The number of carbonyl (C=O) groups excluding carboxylic acids is 1. The van der Waals surface area contributed by atoms with Crippen molar-refractivity contribution in [1.82, 2.24) is 14.8 Å². The van der Waals surface area contributed by atoms with Gasteiger partial charge >= 0.3 is 0 Å². The Hall–Kier alpha value is -2.02. The van der Waals surface area contributed by atoms with Crippen molar-refractivity contribution in [1.29, 1.82) is 0 Å². The number of thioether (sulfide) groups is 1. The second-order valence-electron chi connectivity index (χ2n) is 5.52. The first-order chi connectivity index (χ1) is 12.5. The Bertz CT molecular complexity index is 901. The zero-order chi connectivity index (χ0) is 18.5. The van der Waals surface area contributed by atoms with Crippen LogP contribution in [0.15, 0.2) is 59.9 Å². The minimum Gasteiger partial charge on any atom is -0.310 e. The van der Waals surface area contributed by atoms with E-state index in [1.165, 1.54) is 11.8 Å². The zero-order valence-electron chi connectivity index (χ0n) is 13.9. The normalized spacial score (nSPS) is 12.0. The van der Waals surface area contributed by atoms with Gasteiger partial charge in [-0.3, -0.25) is 9.78 Å². The molecule has 5 nitrogen and oxygen atoms in total. The van der Waals surface area contributed by atoms with E-state index < -0.39 is 0 Å². The average Bonchev–Trinajstić information content (AvgIpc) is 3.10. The fourth-order valence-electron chi connectivity index (χ4n) is 2.45. The molecule has 0 aliphatic heterocycles. The van der Waals surface area contributed by atoms with E-state index in [-0.39, 0.29) is 11.9 Å². The van der Waals surface area contributed by atoms with E-state index in [0.29, 0.717) is 21.6 Å². The first kappa shape index (κ1) is 18.8. The molecule has 3 aromatic rings. The second kappa shape index (κ2) is 8.58. The summed E-state index contributed by atoms with van der Waals surface area (Å²) in [5.74, 6) is 0.786. The summed E-state index contributed by atoms with van der Waals surface area (Å²) in [5, 5.41) is 8.41. The maximum Gasteiger partial charge on any atom is 0.235 e. The number of hydrogen-bond donors (Lipinski definition) is 1. The van der Waals surface area contributed by atoms with Crippen LogP contribution in [0, 0.1) is 0 Å². The van der Waals surface area contributed by atoms with Crippen molar-refractivity contribution in [3.63, 3.8) is 0 Å². The lowest BCUT2D eigenvalue weighted by atomic mass is 10.1. The van der Waals surface area contributed by atoms with Crippen LogP contribution in [0.25, 0.3) is 0 Å². The fraction of sp³-hybridized carbons (Fsp3) is 0.167. The smallest absolute Gasteiger partial charge is 0.235 e. The molecular formula is C18H16Cl2N4OS. The third-order valence-corrected chi connectivity index (χ3v) is 5.32. The minimum absolute atomic E-state index is 0.113. The van der Waals surface area contributed by atoms with Gasteiger partial charge in [0.25, 0.3) is 0 Å². The predicted molar refractivity (Wildman–Crippen MR) is 106 cm³/mol. The number of carbonyl (C=O) groups is 1. The van der Waals surface area contributed by atoms with Crippen LogP contribution in [0.5, 0.6) is 0 Å². The van der Waals surface area contributed by atoms with E-state index in [2.05, 4.69) is 15.4 Å². The van der Waals surface area contributed by atoms with Crippen molar-refractivity contribution in [2.75, 3.05) is 11.1 Å². The molecule has 2 heterocycles. The fourth-order valence-corrected chi connectivity index (χ4v) is 3.59. The maximum atomic E-state index is 12.3. The summed E-state index contributed by atoms with van der Waals surface area (Å²) in [6, 6.07) is 10.6. The van der Waals surface area contributed by atoms with Crippen molar-refractivity contribution in [3.05, 3.63) is 70.6 Å². The molecule has 0 spiro atoms. The molecule has 0 aliphatic carbocycles. The Kier molecular flexibility index (Phi) is 6.19. The Morgan fingerprint density at radius 2 is 1.96 bits per heavy atom. The molecule has 0 fully saturated rings. The van der Waals surface area contributed by atoms with Crippen LogP contribution in [0.1, 0.15) is 18.5 Å². The summed E-state index contributed by atoms with van der Waals surface area (Å²) >= 11 is 13.8. The van der Waals surface area contributed by atoms with Crippen molar-refractivity contribution >= 4 is 46.7 Å². The molecule has 0 unspecified atom stereocenters. The van der Waals surface area contributed by atoms with E-state index in [1.807, 2.05) is 19.1 Å². The van der Waals surface area contributed by atoms with E-state index in [1.54, 1.807) is 47.5 Å². The van der Waals surface area contributed by atoms with E-state index in [4.69, 9.17) is 23.2 Å². The Morgan fingerprint density at radius 3 is 2.73 bits per heavy atom. The van der Waals surface area contributed by atoms with Crippen molar-refractivity contribution < 1.29 is 4.79 Å². The number of nitrogens with zero attached hydrogens (tertiary/aromatic N) is 3. The number of pyridine rings is 1. The number of benzene rings is 1. The van der Waals surface area contributed by atoms with Gasteiger partial charge in [-0.2, -0.15) is 5.10 Å². The van der Waals surface area contributed by atoms with Gasteiger partial charge in [-0.05, 0) is 42.8 Å². The van der Waals surface area contributed by atoms with Gasteiger partial charge in [0.05, 0.1) is 18.0 Å². The third-order valence-electron chi connectivity index (χ3n) is 3.73. The number of aromatic nitrogens is 3. The predicted octanol–water partition coefficient (Wildman–Crippen LogP) is 4.93. The van der Waals surface area contributed by atoms with Gasteiger partial charge in [0.15, 0.2) is 0 Å². The Labute approximate surface area is 165 Å². The van der Waals surface area contributed by atoms with Gasteiger partial charge in [-0.1, -0.05) is 23.2 Å². The lowest BCUT2D eigenvalue weighted by molar-refractivity contribution is -0.113. The van der Waals surface area contributed by atoms with Crippen LogP contribution in [-0.2, 0) is 4.79 Å². The number of amides is 1. The highest BCUT2D eigenvalue weighted by atomic mass is 35.5. The summed E-state index contributed by atoms with van der Waals surface area (Å²) in [4.78, 5) is 17.2. The quantitative estimate of drug-likeness (QED) is 0.589. The SMILES string of the molecule is C[C@H](c1cc(Cl)ccc1Cl)n1nccc1NC(=O)CSc1ccncc1. The Balaban J connectivity index is 1.70. The molecule has 0 saturated carbocycles. The van der Waals surface area contributed by atoms with Gasteiger partial charge in [0.2, 0.25) is 5.91 Å². The number of hydrogen-bond acceptors (Lipinski definition) is 4. The van der Waals surface area contributed by atoms with Gasteiger partial charge in [0.1, 0.15) is 5.82 Å². The van der Waals surface area contributed by atoms with Crippen LogP contribution in [-0.4, -0.2) is 26.4 Å². The highest BCUT2D eigenvalue weighted by Crippen LogP contribution is 2.30. The van der Waals surface area contributed by atoms with Gasteiger partial charge in [-0.25, -0.2) is 4.68 Å². The summed E-state index contributed by atoms with van der Waals surface area (Å²) in [7, 11) is 0. The molecule has 0 radical (unpaired) electrons. The molecule has 0 aliphatic rings. The summed E-state index contributed by atoms with van der Waals surface area (Å²) in [5.41, 5.74) is 0.838. The highest BCUT2D eigenvalue weighted by Gasteiger charge is 2.17. The summed E-state index contributed by atoms with van der Waals surface area (Å²) < 4.78 is 1.71. The van der Waals surface area contributed by atoms with E-state index in [0.717, 1.165) is 10.5 Å². The summed E-state index contributed by atoms with van der Waals surface area (Å²) in [6.45, 7) is 1.95. The lowest BCUT2D eigenvalue weighted by Gasteiger charge is -2.18. The lowest BCUT2D eigenvalue weighted by Crippen LogP contribution is -2.19. The average molecular weight is 407 g/mol. The molecule has 134 valence electrons. The molecule has 0 bridgehead atoms. The van der Waals surface area contributed by atoms with Crippen molar-refractivity contribution in [3.8, 4) is 0 Å². The molecule has 1 aromatic carbocycles. The monoisotopic (exact) mass is 406 g/mol. The number of halogens is 2. The van der Waals surface area contributed by atoms with Crippen LogP contribution < -0.4 is 5.32 Å². The van der Waals surface area contributed by atoms with Crippen LogP contribution in [0.4, 0.5) is 5.82 Å². The van der Waals surface area contributed by atoms with Gasteiger partial charge in [0, 0.05) is 33.4 Å². The molecule has 26 heavy (non-hydrogen) atoms. The molecule has 1 N–H and O–H groups in total. The molecule has 0 saturated heterocycles. The minimum atomic E-state index is -0.181. The maximum absolute atomic E-state index is 12.3. The van der Waals surface area contributed by atoms with Crippen molar-refractivity contribution in [2.24, 2.45) is 0 Å². The number of anilines is 1. The Morgan fingerprint density at radius 1 is 1.19 bits per heavy atom. The zero-order valence-corrected chi connectivity index (χ0v) is 16.2. The van der Waals surface area contributed by atoms with Gasteiger partial charge < -0.3 is 5.32 Å². The largest absolute Gasteiger partial charge is 0.310 e. The number of nitrogens with one attached hydrogen (secondary N) is 1. The van der Waals surface area contributed by atoms with Gasteiger partial charge in [-0.15, -0.1) is 11.8 Å². The topological polar surface area (TPSA) is 59.8 Å². The molecular weight excluding hydrogens is 391 g/mol. The standard InChI is InChI=1S/C18H16Cl2N4OS/c1-12(15-10-13(19)2-3-16(15)20)24-17(6-9-22-24)23-18(25)11-26-14-4-7-21-8-5-14/h2-10,12H,11H2,1H3,(H,23,25)/t12-/m1/s1. The molecule has 8 heteroatoms. The van der Waals surface area contributed by atoms with Crippen LogP contribution in [0.3, 0.4) is 0 Å². The van der Waals surface area contributed by atoms with Crippen LogP contribution >= 0.6 is 35.0 Å². The molecule has 3 rings (SSSR count). The number of rotatable bonds is 6. The second-order valence-corrected chi connectivity index (χ2v) is 7.41.